The molecule has 7 heteroatoms. The maximum atomic E-state index is 13.3. The molecule has 188 valence electrons. The number of carbonyl (C=O) groups is 1. The number of sulfonamides is 1. The van der Waals surface area contributed by atoms with E-state index in [9.17, 15) is 13.2 Å². The third kappa shape index (κ3) is 6.87. The van der Waals surface area contributed by atoms with Gasteiger partial charge in [-0.25, -0.2) is 8.42 Å². The highest BCUT2D eigenvalue weighted by molar-refractivity contribution is 7.93. The summed E-state index contributed by atoms with van der Waals surface area (Å²) in [4.78, 5) is 13.3. The van der Waals surface area contributed by atoms with Gasteiger partial charge in [0.1, 0.15) is 0 Å². The summed E-state index contributed by atoms with van der Waals surface area (Å²) in [5, 5.41) is 5.96. The van der Waals surface area contributed by atoms with Gasteiger partial charge in [0.15, 0.2) is 0 Å². The normalized spacial score (nSPS) is 13.7. The molecule has 0 atom stereocenters. The van der Waals surface area contributed by atoms with Crippen molar-refractivity contribution in [3.63, 3.8) is 0 Å². The van der Waals surface area contributed by atoms with E-state index in [1.165, 1.54) is 32.1 Å². The van der Waals surface area contributed by atoms with E-state index >= 15 is 0 Å². The predicted molar refractivity (Wildman–Crippen MR) is 141 cm³/mol. The molecule has 0 saturated carbocycles. The van der Waals surface area contributed by atoms with Crippen LogP contribution >= 0.6 is 0 Å². The number of carbonyl (C=O) groups excluding carboxylic acids is 1. The number of fused-ring (bicyclic) bond motifs is 1. The van der Waals surface area contributed by atoms with E-state index in [-0.39, 0.29) is 5.91 Å². The second kappa shape index (κ2) is 11.6. The third-order valence-electron chi connectivity index (χ3n) is 6.93. The SMILES string of the molecule is CCCCCCCCCC(C)(C)C(=O)Nc1c(C)c2c(c(NS(=O)(=O)C(C)C)c1C)NCC2. The van der Waals surface area contributed by atoms with Gasteiger partial charge < -0.3 is 10.6 Å². The molecule has 1 aromatic carbocycles. The Bertz CT molecular complexity index is 937. The molecule has 0 unspecified atom stereocenters. The number of benzene rings is 1. The summed E-state index contributed by atoms with van der Waals surface area (Å²) in [6.45, 7) is 14.2. The minimum Gasteiger partial charge on any atom is -0.383 e. The molecule has 33 heavy (non-hydrogen) atoms. The molecular weight excluding hydrogens is 434 g/mol. The molecule has 1 aliphatic heterocycles. The van der Waals surface area contributed by atoms with Crippen LogP contribution in [0.5, 0.6) is 0 Å². The molecule has 2 rings (SSSR count). The molecule has 1 heterocycles. The largest absolute Gasteiger partial charge is 0.383 e. The standard InChI is InChI=1S/C26H45N3O3S/c1-8-9-10-11-12-13-14-16-26(6,7)25(30)28-22-19(4)21-15-17-27-24(21)23(20(22)5)29-33(31,32)18(2)3/h18,27,29H,8-17H2,1-7H3,(H,28,30). The maximum absolute atomic E-state index is 13.3. The highest BCUT2D eigenvalue weighted by Crippen LogP contribution is 2.43. The Hall–Kier alpha value is -1.76. The molecule has 1 aromatic rings. The van der Waals surface area contributed by atoms with Crippen molar-refractivity contribution in [2.24, 2.45) is 5.41 Å². The van der Waals surface area contributed by atoms with Gasteiger partial charge in [0, 0.05) is 17.6 Å². The molecular formula is C26H45N3O3S. The van der Waals surface area contributed by atoms with Gasteiger partial charge in [0.05, 0.1) is 16.6 Å². The molecule has 0 fully saturated rings. The summed E-state index contributed by atoms with van der Waals surface area (Å²) in [5.41, 5.74) is 4.48. The molecule has 1 amide bonds. The fourth-order valence-corrected chi connectivity index (χ4v) is 5.17. The second-order valence-corrected chi connectivity index (χ2v) is 12.7. The van der Waals surface area contributed by atoms with E-state index in [0.717, 1.165) is 60.3 Å². The number of hydrogen-bond donors (Lipinski definition) is 3. The van der Waals surface area contributed by atoms with Crippen LogP contribution in [0.25, 0.3) is 0 Å². The fraction of sp³-hybridized carbons (Fsp3) is 0.731. The molecule has 0 aliphatic carbocycles. The van der Waals surface area contributed by atoms with Crippen LogP contribution in [-0.4, -0.2) is 26.1 Å². The van der Waals surface area contributed by atoms with Crippen LogP contribution in [0.3, 0.4) is 0 Å². The Morgan fingerprint density at radius 3 is 2.21 bits per heavy atom. The molecule has 3 N–H and O–H groups in total. The van der Waals surface area contributed by atoms with Gasteiger partial charge in [-0.2, -0.15) is 0 Å². The summed E-state index contributed by atoms with van der Waals surface area (Å²) in [6.07, 6.45) is 10.2. The molecule has 0 radical (unpaired) electrons. The first-order valence-electron chi connectivity index (χ1n) is 12.6. The van der Waals surface area contributed by atoms with Crippen molar-refractivity contribution < 1.29 is 13.2 Å². The minimum atomic E-state index is -3.51. The van der Waals surface area contributed by atoms with Crippen LogP contribution < -0.4 is 15.4 Å². The molecule has 0 saturated heterocycles. The predicted octanol–water partition coefficient (Wildman–Crippen LogP) is 6.53. The van der Waals surface area contributed by atoms with Crippen molar-refractivity contribution in [3.05, 3.63) is 16.7 Å². The van der Waals surface area contributed by atoms with Crippen LogP contribution in [-0.2, 0) is 21.2 Å². The first kappa shape index (κ1) is 27.5. The molecule has 1 aliphatic rings. The molecule has 0 bridgehead atoms. The summed E-state index contributed by atoms with van der Waals surface area (Å²) >= 11 is 0. The third-order valence-corrected chi connectivity index (χ3v) is 8.66. The quantitative estimate of drug-likeness (QED) is 0.281. The van der Waals surface area contributed by atoms with E-state index in [1.54, 1.807) is 13.8 Å². The van der Waals surface area contributed by atoms with Gasteiger partial charge >= 0.3 is 0 Å². The van der Waals surface area contributed by atoms with Crippen molar-refractivity contribution in [2.45, 2.75) is 112 Å². The lowest BCUT2D eigenvalue weighted by atomic mass is 9.85. The lowest BCUT2D eigenvalue weighted by Crippen LogP contribution is -2.31. The van der Waals surface area contributed by atoms with Crippen LogP contribution in [0.1, 0.15) is 103 Å². The van der Waals surface area contributed by atoms with E-state index < -0.39 is 20.7 Å². The zero-order chi connectivity index (χ0) is 24.8. The van der Waals surface area contributed by atoms with Crippen LogP contribution in [0.4, 0.5) is 17.1 Å². The number of amides is 1. The van der Waals surface area contributed by atoms with Crippen molar-refractivity contribution in [1.29, 1.82) is 0 Å². The van der Waals surface area contributed by atoms with Crippen molar-refractivity contribution in [1.82, 2.24) is 0 Å². The summed E-state index contributed by atoms with van der Waals surface area (Å²) < 4.78 is 28.1. The summed E-state index contributed by atoms with van der Waals surface area (Å²) in [5.74, 6) is -0.0109. The summed E-state index contributed by atoms with van der Waals surface area (Å²) in [7, 11) is -3.51. The Kier molecular flexibility index (Phi) is 9.65. The zero-order valence-corrected chi connectivity index (χ0v) is 22.6. The van der Waals surface area contributed by atoms with E-state index in [4.69, 9.17) is 0 Å². The highest BCUT2D eigenvalue weighted by atomic mass is 32.2. The van der Waals surface area contributed by atoms with Gasteiger partial charge in [-0.1, -0.05) is 65.7 Å². The average molecular weight is 480 g/mol. The van der Waals surface area contributed by atoms with Crippen LogP contribution in [0.2, 0.25) is 0 Å². The molecule has 0 aromatic heterocycles. The van der Waals surface area contributed by atoms with Crippen LogP contribution in [0.15, 0.2) is 0 Å². The smallest absolute Gasteiger partial charge is 0.235 e. The number of rotatable bonds is 13. The van der Waals surface area contributed by atoms with E-state index in [1.807, 2.05) is 27.7 Å². The van der Waals surface area contributed by atoms with Gasteiger partial charge in [-0.05, 0) is 57.2 Å². The Morgan fingerprint density at radius 2 is 1.61 bits per heavy atom. The van der Waals surface area contributed by atoms with Gasteiger partial charge in [0.25, 0.3) is 0 Å². The lowest BCUT2D eigenvalue weighted by Gasteiger charge is -2.27. The number of hydrogen-bond acceptors (Lipinski definition) is 4. The molecule has 0 spiro atoms. The van der Waals surface area contributed by atoms with Gasteiger partial charge in [0.2, 0.25) is 15.9 Å². The lowest BCUT2D eigenvalue weighted by molar-refractivity contribution is -0.124. The van der Waals surface area contributed by atoms with Crippen molar-refractivity contribution in [2.75, 3.05) is 21.9 Å². The first-order valence-corrected chi connectivity index (χ1v) is 14.2. The zero-order valence-electron chi connectivity index (χ0n) is 21.8. The molecule has 6 nitrogen and oxygen atoms in total. The Labute approximate surface area is 201 Å². The Morgan fingerprint density at radius 1 is 1.00 bits per heavy atom. The first-order chi connectivity index (χ1) is 15.4. The second-order valence-electron chi connectivity index (χ2n) is 10.4. The van der Waals surface area contributed by atoms with E-state index in [0.29, 0.717) is 5.69 Å². The number of unbranched alkanes of at least 4 members (excludes halogenated alkanes) is 6. The monoisotopic (exact) mass is 479 g/mol. The highest BCUT2D eigenvalue weighted by Gasteiger charge is 2.31. The van der Waals surface area contributed by atoms with E-state index in [2.05, 4.69) is 22.3 Å². The van der Waals surface area contributed by atoms with Gasteiger partial charge in [-0.15, -0.1) is 0 Å². The fourth-order valence-electron chi connectivity index (χ4n) is 4.40. The van der Waals surface area contributed by atoms with Crippen molar-refractivity contribution >= 4 is 33.0 Å². The summed E-state index contributed by atoms with van der Waals surface area (Å²) in [6, 6.07) is 0. The topological polar surface area (TPSA) is 87.3 Å². The van der Waals surface area contributed by atoms with Crippen molar-refractivity contribution in [3.8, 4) is 0 Å². The minimum absolute atomic E-state index is 0.0109. The Balaban J connectivity index is 2.18. The van der Waals surface area contributed by atoms with Crippen LogP contribution in [0, 0.1) is 19.3 Å². The van der Waals surface area contributed by atoms with Gasteiger partial charge in [-0.3, -0.25) is 9.52 Å². The maximum Gasteiger partial charge on any atom is 0.235 e. The number of nitrogens with one attached hydrogen (secondary N) is 3. The average Bonchev–Trinajstić information content (AvgIpc) is 3.23. The number of anilines is 3.